The second-order valence-corrected chi connectivity index (χ2v) is 3.27. The van der Waals surface area contributed by atoms with Crippen LogP contribution in [0.1, 0.15) is 25.0 Å². The van der Waals surface area contributed by atoms with E-state index in [9.17, 15) is 0 Å². The minimum atomic E-state index is 0.716. The summed E-state index contributed by atoms with van der Waals surface area (Å²) in [7, 11) is 2.00. The lowest BCUT2D eigenvalue weighted by Gasteiger charge is -1.95. The Morgan fingerprint density at radius 3 is 2.53 bits per heavy atom. The van der Waals surface area contributed by atoms with E-state index in [1.165, 1.54) is 10.9 Å². The Morgan fingerprint density at radius 1 is 1.27 bits per heavy atom. The van der Waals surface area contributed by atoms with Crippen molar-refractivity contribution in [2.45, 2.75) is 20.8 Å². The number of aromatic nitrogens is 1. The largest absolute Gasteiger partial charge is 0.350 e. The third-order valence-electron chi connectivity index (χ3n) is 2.32. The summed E-state index contributed by atoms with van der Waals surface area (Å²) in [6.07, 6.45) is 2.08. The van der Waals surface area contributed by atoms with Crippen LogP contribution in [0.3, 0.4) is 0 Å². The summed E-state index contributed by atoms with van der Waals surface area (Å²) in [6.45, 7) is 6.08. The van der Waals surface area contributed by atoms with E-state index in [-0.39, 0.29) is 0 Å². The Morgan fingerprint density at radius 2 is 1.93 bits per heavy atom. The van der Waals surface area contributed by atoms with Crippen molar-refractivity contribution in [1.29, 1.82) is 5.26 Å². The molecule has 0 spiro atoms. The molecule has 78 valence electrons. The first kappa shape index (κ1) is 11.3. The molecule has 0 aliphatic rings. The van der Waals surface area contributed by atoms with Gasteiger partial charge in [-0.05, 0) is 24.6 Å². The molecule has 2 heteroatoms. The third kappa shape index (κ3) is 2.02. The van der Waals surface area contributed by atoms with Crippen LogP contribution < -0.4 is 0 Å². The van der Waals surface area contributed by atoms with E-state index < -0.39 is 0 Å². The number of hydrogen-bond donors (Lipinski definition) is 0. The van der Waals surface area contributed by atoms with Crippen molar-refractivity contribution in [3.63, 3.8) is 0 Å². The maximum absolute atomic E-state index is 8.74. The fourth-order valence-electron chi connectivity index (χ4n) is 1.66. The summed E-state index contributed by atoms with van der Waals surface area (Å²) < 4.78 is 2.05. The number of nitrogens with zero attached hydrogens (tertiary/aromatic N) is 2. The molecule has 2 rings (SSSR count). The maximum atomic E-state index is 8.74. The first-order chi connectivity index (χ1) is 7.22. The Kier molecular flexibility index (Phi) is 3.51. The molecular weight excluding hydrogens is 184 g/mol. The standard InChI is InChI=1S/C11H10N2.C2H6/c1-8-7-13(2)11-5-9(6-12)3-4-10(8)11;1-2/h3-5,7H,1-2H3;1-2H3. The highest BCUT2D eigenvalue weighted by molar-refractivity contribution is 5.84. The van der Waals surface area contributed by atoms with E-state index >= 15 is 0 Å². The van der Waals surface area contributed by atoms with Gasteiger partial charge in [0.15, 0.2) is 0 Å². The zero-order valence-electron chi connectivity index (χ0n) is 9.70. The highest BCUT2D eigenvalue weighted by Crippen LogP contribution is 2.20. The van der Waals surface area contributed by atoms with E-state index in [0.29, 0.717) is 5.56 Å². The van der Waals surface area contributed by atoms with E-state index in [0.717, 1.165) is 5.52 Å². The van der Waals surface area contributed by atoms with Crippen LogP contribution in [0.2, 0.25) is 0 Å². The Bertz CT molecular complexity index is 501. The van der Waals surface area contributed by atoms with Gasteiger partial charge in [0.2, 0.25) is 0 Å². The van der Waals surface area contributed by atoms with E-state index in [1.807, 2.05) is 43.7 Å². The summed E-state index contributed by atoms with van der Waals surface area (Å²) >= 11 is 0. The Balaban J connectivity index is 0.000000531. The van der Waals surface area contributed by atoms with Crippen LogP contribution in [0.15, 0.2) is 24.4 Å². The molecule has 2 aromatic rings. The van der Waals surface area contributed by atoms with Crippen LogP contribution in [-0.2, 0) is 7.05 Å². The molecule has 0 saturated carbocycles. The van der Waals surface area contributed by atoms with Gasteiger partial charge in [0.05, 0.1) is 11.6 Å². The van der Waals surface area contributed by atoms with Crippen LogP contribution in [-0.4, -0.2) is 4.57 Å². The maximum Gasteiger partial charge on any atom is 0.0992 e. The lowest BCUT2D eigenvalue weighted by atomic mass is 10.1. The molecule has 0 fully saturated rings. The highest BCUT2D eigenvalue weighted by atomic mass is 14.9. The Hall–Kier alpha value is -1.75. The van der Waals surface area contributed by atoms with Crippen molar-refractivity contribution in [2.75, 3.05) is 0 Å². The molecule has 1 heterocycles. The van der Waals surface area contributed by atoms with Gasteiger partial charge in [-0.25, -0.2) is 0 Å². The van der Waals surface area contributed by atoms with Crippen molar-refractivity contribution in [1.82, 2.24) is 4.57 Å². The van der Waals surface area contributed by atoms with Gasteiger partial charge in [0.25, 0.3) is 0 Å². The smallest absolute Gasteiger partial charge is 0.0992 e. The molecule has 0 amide bonds. The molecule has 0 aliphatic carbocycles. The molecule has 0 unspecified atom stereocenters. The second kappa shape index (κ2) is 4.65. The van der Waals surface area contributed by atoms with Gasteiger partial charge in [-0.2, -0.15) is 5.26 Å². The van der Waals surface area contributed by atoms with Gasteiger partial charge in [0.1, 0.15) is 0 Å². The molecule has 0 saturated heterocycles. The number of nitriles is 1. The van der Waals surface area contributed by atoms with Crippen LogP contribution >= 0.6 is 0 Å². The summed E-state index contributed by atoms with van der Waals surface area (Å²) in [5, 5.41) is 9.96. The first-order valence-electron chi connectivity index (χ1n) is 5.18. The predicted octanol–water partition coefficient (Wildman–Crippen LogP) is 3.38. The lowest BCUT2D eigenvalue weighted by Crippen LogP contribution is -1.84. The zero-order valence-corrected chi connectivity index (χ0v) is 9.70. The van der Waals surface area contributed by atoms with Crippen molar-refractivity contribution < 1.29 is 0 Å². The van der Waals surface area contributed by atoms with Crippen LogP contribution in [0.5, 0.6) is 0 Å². The highest BCUT2D eigenvalue weighted by Gasteiger charge is 2.02. The molecule has 0 N–H and O–H groups in total. The number of rotatable bonds is 0. The Labute approximate surface area is 90.8 Å². The monoisotopic (exact) mass is 200 g/mol. The molecule has 0 bridgehead atoms. The lowest BCUT2D eigenvalue weighted by molar-refractivity contribution is 0.964. The SMILES string of the molecule is CC.Cc1cn(C)c2cc(C#N)ccc12. The van der Waals surface area contributed by atoms with Gasteiger partial charge < -0.3 is 4.57 Å². The van der Waals surface area contributed by atoms with Crippen molar-refractivity contribution in [2.24, 2.45) is 7.05 Å². The summed E-state index contributed by atoms with van der Waals surface area (Å²) in [5.41, 5.74) is 3.09. The normalized spacial score (nSPS) is 9.27. The first-order valence-corrected chi connectivity index (χ1v) is 5.18. The third-order valence-corrected chi connectivity index (χ3v) is 2.32. The van der Waals surface area contributed by atoms with Gasteiger partial charge in [-0.3, -0.25) is 0 Å². The van der Waals surface area contributed by atoms with E-state index in [4.69, 9.17) is 5.26 Å². The quantitative estimate of drug-likeness (QED) is 0.640. The topological polar surface area (TPSA) is 28.7 Å². The fourth-order valence-corrected chi connectivity index (χ4v) is 1.66. The van der Waals surface area contributed by atoms with Crippen molar-refractivity contribution in [3.05, 3.63) is 35.5 Å². The van der Waals surface area contributed by atoms with Crippen molar-refractivity contribution in [3.8, 4) is 6.07 Å². The van der Waals surface area contributed by atoms with E-state index in [2.05, 4.69) is 19.2 Å². The molecule has 1 aromatic carbocycles. The van der Waals surface area contributed by atoms with Crippen LogP contribution in [0.4, 0.5) is 0 Å². The van der Waals surface area contributed by atoms with Crippen LogP contribution in [0.25, 0.3) is 10.9 Å². The van der Waals surface area contributed by atoms with E-state index in [1.54, 1.807) is 0 Å². The molecule has 0 aliphatic heterocycles. The fraction of sp³-hybridized carbons (Fsp3) is 0.308. The molecule has 1 aromatic heterocycles. The molecular formula is C13H16N2. The number of fused-ring (bicyclic) bond motifs is 1. The minimum absolute atomic E-state index is 0.716. The van der Waals surface area contributed by atoms with Crippen molar-refractivity contribution >= 4 is 10.9 Å². The average Bonchev–Trinajstić information content (AvgIpc) is 2.57. The average molecular weight is 200 g/mol. The second-order valence-electron chi connectivity index (χ2n) is 3.27. The number of benzene rings is 1. The molecule has 2 nitrogen and oxygen atoms in total. The summed E-state index contributed by atoms with van der Waals surface area (Å²) in [4.78, 5) is 0. The minimum Gasteiger partial charge on any atom is -0.350 e. The number of aryl methyl sites for hydroxylation is 2. The van der Waals surface area contributed by atoms with Gasteiger partial charge in [-0.1, -0.05) is 19.9 Å². The predicted molar refractivity (Wildman–Crippen MR) is 63.7 cm³/mol. The van der Waals surface area contributed by atoms with Crippen LogP contribution in [0, 0.1) is 18.3 Å². The van der Waals surface area contributed by atoms with Gasteiger partial charge in [0, 0.05) is 24.1 Å². The van der Waals surface area contributed by atoms with Gasteiger partial charge >= 0.3 is 0 Å². The van der Waals surface area contributed by atoms with Gasteiger partial charge in [-0.15, -0.1) is 0 Å². The zero-order chi connectivity index (χ0) is 11.4. The number of hydrogen-bond acceptors (Lipinski definition) is 1. The summed E-state index contributed by atoms with van der Waals surface area (Å²) in [6, 6.07) is 7.92. The summed E-state index contributed by atoms with van der Waals surface area (Å²) in [5.74, 6) is 0. The molecule has 0 atom stereocenters. The molecule has 0 radical (unpaired) electrons. The molecule has 15 heavy (non-hydrogen) atoms.